The zero-order valence-corrected chi connectivity index (χ0v) is 20.4. The number of ether oxygens (including phenoxy) is 3. The van der Waals surface area contributed by atoms with E-state index in [-0.39, 0.29) is 30.0 Å². The van der Waals surface area contributed by atoms with Gasteiger partial charge in [0.1, 0.15) is 17.2 Å². The molecule has 2 atom stereocenters. The molecule has 8 nitrogen and oxygen atoms in total. The maximum atomic E-state index is 13.2. The molecule has 0 saturated carbocycles. The van der Waals surface area contributed by atoms with Crippen LogP contribution in [-0.4, -0.2) is 77.2 Å². The summed E-state index contributed by atoms with van der Waals surface area (Å²) in [6.07, 6.45) is 0.589. The molecule has 178 valence electrons. The molecule has 0 spiro atoms. The molecule has 0 unspecified atom stereocenters. The Balaban J connectivity index is 1.60. The van der Waals surface area contributed by atoms with Gasteiger partial charge < -0.3 is 19.1 Å². The van der Waals surface area contributed by atoms with Crippen LogP contribution < -0.4 is 19.1 Å². The average molecular weight is 495 g/mol. The predicted octanol–water partition coefficient (Wildman–Crippen LogP) is 2.42. The number of amides is 1. The molecule has 2 aliphatic heterocycles. The van der Waals surface area contributed by atoms with Gasteiger partial charge >= 0.3 is 0 Å². The highest BCUT2D eigenvalue weighted by molar-refractivity contribution is 7.91. The van der Waals surface area contributed by atoms with Gasteiger partial charge in [0.15, 0.2) is 9.84 Å². The second-order valence-corrected chi connectivity index (χ2v) is 10.8. The van der Waals surface area contributed by atoms with Crippen LogP contribution in [0.3, 0.4) is 0 Å². The summed E-state index contributed by atoms with van der Waals surface area (Å²) in [7, 11) is 1.43. The number of carbonyl (C=O) groups is 1. The van der Waals surface area contributed by atoms with Crippen molar-refractivity contribution in [3.63, 3.8) is 0 Å². The van der Waals surface area contributed by atoms with Crippen molar-refractivity contribution in [1.29, 1.82) is 0 Å². The van der Waals surface area contributed by atoms with Crippen LogP contribution >= 0.6 is 11.6 Å². The zero-order chi connectivity index (χ0) is 23.8. The van der Waals surface area contributed by atoms with E-state index in [1.54, 1.807) is 37.3 Å². The smallest absolute Gasteiger partial charge is 0.241 e. The number of benzene rings is 2. The van der Waals surface area contributed by atoms with Crippen LogP contribution in [0.4, 0.5) is 5.69 Å². The average Bonchev–Trinajstić information content (AvgIpc) is 3.11. The van der Waals surface area contributed by atoms with Gasteiger partial charge in [-0.1, -0.05) is 11.6 Å². The number of hydrogen-bond donors (Lipinski definition) is 0. The Bertz CT molecular complexity index is 1160. The van der Waals surface area contributed by atoms with Gasteiger partial charge in [-0.15, -0.1) is 0 Å². The number of piperazine rings is 1. The third kappa shape index (κ3) is 4.76. The minimum absolute atomic E-state index is 0.0145. The topological polar surface area (TPSA) is 85.4 Å². The van der Waals surface area contributed by atoms with Crippen molar-refractivity contribution < 1.29 is 27.4 Å². The summed E-state index contributed by atoms with van der Waals surface area (Å²) in [6, 6.07) is 9.86. The Morgan fingerprint density at radius 1 is 0.970 bits per heavy atom. The fourth-order valence-electron chi connectivity index (χ4n) is 4.68. The molecule has 1 amide bonds. The molecule has 2 saturated heterocycles. The number of hydrogen-bond acceptors (Lipinski definition) is 7. The number of nitrogens with zero attached hydrogens (tertiary/aromatic N) is 2. The Morgan fingerprint density at radius 3 is 2.33 bits per heavy atom. The molecule has 0 N–H and O–H groups in total. The van der Waals surface area contributed by atoms with Crippen LogP contribution in [0.2, 0.25) is 5.02 Å². The van der Waals surface area contributed by atoms with Crippen molar-refractivity contribution in [2.75, 3.05) is 50.8 Å². The van der Waals surface area contributed by atoms with E-state index in [0.717, 1.165) is 11.3 Å². The first-order chi connectivity index (χ1) is 15.8. The second kappa shape index (κ2) is 9.40. The van der Waals surface area contributed by atoms with E-state index in [1.165, 1.54) is 7.11 Å². The highest BCUT2D eigenvalue weighted by Crippen LogP contribution is 2.35. The van der Waals surface area contributed by atoms with E-state index in [9.17, 15) is 13.2 Å². The highest BCUT2D eigenvalue weighted by atomic mass is 35.5. The van der Waals surface area contributed by atoms with Gasteiger partial charge in [-0.3, -0.25) is 9.69 Å². The Hall–Kier alpha value is -2.49. The number of halogens is 1. The number of anilines is 1. The summed E-state index contributed by atoms with van der Waals surface area (Å²) in [5.41, 5.74) is 1.51. The van der Waals surface area contributed by atoms with Crippen LogP contribution in [-0.2, 0) is 21.1 Å². The van der Waals surface area contributed by atoms with Crippen molar-refractivity contribution in [1.82, 2.24) is 4.90 Å². The standard InChI is InChI=1S/C23H27ClN2O6S/c1-30-17-5-7-21(31-2)15(10-17)8-9-25-12-23(27)26(20-14-33(28,29)13-19(20)25)16-4-6-22(32-3)18(24)11-16/h4-7,10-11,19-20H,8-9,12-14H2,1-3H3/t19-,20+/m0/s1. The van der Waals surface area contributed by atoms with Crippen molar-refractivity contribution in [2.24, 2.45) is 0 Å². The van der Waals surface area contributed by atoms with Crippen LogP contribution in [0.1, 0.15) is 5.56 Å². The summed E-state index contributed by atoms with van der Waals surface area (Å²) in [6.45, 7) is 0.635. The van der Waals surface area contributed by atoms with Crippen molar-refractivity contribution in [2.45, 2.75) is 18.5 Å². The monoisotopic (exact) mass is 494 g/mol. The third-order valence-electron chi connectivity index (χ3n) is 6.27. The van der Waals surface area contributed by atoms with Crippen LogP contribution in [0, 0.1) is 0 Å². The lowest BCUT2D eigenvalue weighted by atomic mass is 10.0. The molecule has 0 radical (unpaired) electrons. The van der Waals surface area contributed by atoms with E-state index < -0.39 is 15.9 Å². The first kappa shape index (κ1) is 23.7. The number of methoxy groups -OCH3 is 3. The molecule has 2 heterocycles. The Labute approximate surface area is 198 Å². The van der Waals surface area contributed by atoms with Crippen LogP contribution in [0.5, 0.6) is 17.2 Å². The first-order valence-electron chi connectivity index (χ1n) is 10.6. The molecule has 33 heavy (non-hydrogen) atoms. The van der Waals surface area contributed by atoms with Gasteiger partial charge in [0, 0.05) is 18.3 Å². The molecule has 2 fully saturated rings. The molecule has 2 aliphatic rings. The molecule has 4 rings (SSSR count). The van der Waals surface area contributed by atoms with E-state index in [2.05, 4.69) is 0 Å². The minimum Gasteiger partial charge on any atom is -0.497 e. The fourth-order valence-corrected chi connectivity index (χ4v) is 6.92. The maximum Gasteiger partial charge on any atom is 0.241 e. The molecule has 0 aliphatic carbocycles. The quantitative estimate of drug-likeness (QED) is 0.584. The fraction of sp³-hybridized carbons (Fsp3) is 0.435. The number of carbonyl (C=O) groups excluding carboxylic acids is 1. The van der Waals surface area contributed by atoms with Gasteiger partial charge in [-0.25, -0.2) is 8.42 Å². The van der Waals surface area contributed by atoms with Gasteiger partial charge in [0.2, 0.25) is 5.91 Å². The van der Waals surface area contributed by atoms with Gasteiger partial charge in [0.05, 0.1) is 50.4 Å². The molecule has 2 aromatic carbocycles. The number of fused-ring (bicyclic) bond motifs is 1. The van der Waals surface area contributed by atoms with Crippen LogP contribution in [0.25, 0.3) is 0 Å². The normalized spacial score (nSPS) is 22.2. The summed E-state index contributed by atoms with van der Waals surface area (Å²) in [5.74, 6) is 1.71. The van der Waals surface area contributed by atoms with Crippen molar-refractivity contribution in [3.8, 4) is 17.2 Å². The summed E-state index contributed by atoms with van der Waals surface area (Å²) in [5, 5.41) is 0.368. The minimum atomic E-state index is -3.29. The van der Waals surface area contributed by atoms with E-state index in [0.29, 0.717) is 35.2 Å². The maximum absolute atomic E-state index is 13.2. The zero-order valence-electron chi connectivity index (χ0n) is 18.8. The van der Waals surface area contributed by atoms with Gasteiger partial charge in [-0.2, -0.15) is 0 Å². The molecule has 10 heteroatoms. The van der Waals surface area contributed by atoms with Gasteiger partial charge in [0.25, 0.3) is 0 Å². The van der Waals surface area contributed by atoms with E-state index >= 15 is 0 Å². The Morgan fingerprint density at radius 2 is 1.67 bits per heavy atom. The third-order valence-corrected chi connectivity index (χ3v) is 8.26. The number of sulfone groups is 1. The van der Waals surface area contributed by atoms with Gasteiger partial charge in [-0.05, 0) is 48.4 Å². The first-order valence-corrected chi connectivity index (χ1v) is 12.8. The SMILES string of the molecule is COc1ccc(OC)c(CCN2CC(=O)N(c3ccc(OC)c(Cl)c3)[C@@H]3CS(=O)(=O)C[C@@H]32)c1. The second-order valence-electron chi connectivity index (χ2n) is 8.19. The molecule has 2 aromatic rings. The van der Waals surface area contributed by atoms with Crippen molar-refractivity contribution >= 4 is 33.0 Å². The molecule has 0 bridgehead atoms. The predicted molar refractivity (Wildman–Crippen MR) is 127 cm³/mol. The molecular formula is C23H27ClN2O6S. The summed E-state index contributed by atoms with van der Waals surface area (Å²) in [4.78, 5) is 16.8. The summed E-state index contributed by atoms with van der Waals surface area (Å²) < 4.78 is 41.2. The molecule has 0 aromatic heterocycles. The van der Waals surface area contributed by atoms with E-state index in [1.807, 2.05) is 23.1 Å². The lowest BCUT2D eigenvalue weighted by molar-refractivity contribution is -0.123. The lowest BCUT2D eigenvalue weighted by Crippen LogP contribution is -2.62. The highest BCUT2D eigenvalue weighted by Gasteiger charge is 2.49. The molecular weight excluding hydrogens is 468 g/mol. The number of rotatable bonds is 7. The Kier molecular flexibility index (Phi) is 6.74. The largest absolute Gasteiger partial charge is 0.497 e. The van der Waals surface area contributed by atoms with Crippen molar-refractivity contribution in [3.05, 3.63) is 47.0 Å². The lowest BCUT2D eigenvalue weighted by Gasteiger charge is -2.43. The van der Waals surface area contributed by atoms with Crippen LogP contribution in [0.15, 0.2) is 36.4 Å². The summed E-state index contributed by atoms with van der Waals surface area (Å²) >= 11 is 6.28. The van der Waals surface area contributed by atoms with E-state index in [4.69, 9.17) is 25.8 Å².